The van der Waals surface area contributed by atoms with E-state index in [1.807, 2.05) is 24.5 Å². The normalized spacial score (nSPS) is 18.9. The molecule has 0 unspecified atom stereocenters. The number of rotatable bonds is 5. The highest BCUT2D eigenvalue weighted by atomic mass is 16.1. The fraction of sp³-hybridized carbons (Fsp3) is 0.467. The third-order valence-corrected chi connectivity index (χ3v) is 3.97. The number of imidazole rings is 1. The Morgan fingerprint density at radius 3 is 2.89 bits per heavy atom. The molecule has 0 amide bonds. The molecule has 4 heteroatoms. The molecule has 4 nitrogen and oxygen atoms in total. The van der Waals surface area contributed by atoms with Crippen LogP contribution in [-0.2, 0) is 0 Å². The Kier molecular flexibility index (Phi) is 2.45. The van der Waals surface area contributed by atoms with Crippen LogP contribution in [-0.4, -0.2) is 27.9 Å². The Balaban J connectivity index is 1.58. The lowest BCUT2D eigenvalue weighted by atomic mass is 10.1. The van der Waals surface area contributed by atoms with Crippen molar-refractivity contribution in [2.45, 2.75) is 37.8 Å². The summed E-state index contributed by atoms with van der Waals surface area (Å²) < 4.78 is 2.23. The quantitative estimate of drug-likeness (QED) is 0.834. The number of ketones is 1. The molecule has 2 saturated carbocycles. The maximum Gasteiger partial charge on any atom is 0.176 e. The lowest BCUT2D eigenvalue weighted by Crippen LogP contribution is -2.24. The summed E-state index contributed by atoms with van der Waals surface area (Å²) in [6, 6.07) is 7.08. The molecule has 1 aromatic heterocycles. The number of carbonyl (C=O) groups excluding carboxylic acids is 1. The van der Waals surface area contributed by atoms with Gasteiger partial charge in [0, 0.05) is 17.6 Å². The summed E-state index contributed by atoms with van der Waals surface area (Å²) in [6.07, 6.45) is 6.81. The zero-order valence-electron chi connectivity index (χ0n) is 10.8. The molecule has 2 fully saturated rings. The molecule has 0 atom stereocenters. The molecule has 0 spiro atoms. The standard InChI is InChI=1S/C15H17N3O/c19-15(8-16-11-2-3-11)10-1-6-14-13(7-10)17-9-18(14)12-4-5-12/h1,6-7,9,11-12,16H,2-5,8H2. The molecular weight excluding hydrogens is 238 g/mol. The van der Waals surface area contributed by atoms with Crippen LogP contribution in [0.1, 0.15) is 42.1 Å². The van der Waals surface area contributed by atoms with Crippen LogP contribution >= 0.6 is 0 Å². The van der Waals surface area contributed by atoms with Crippen LogP contribution in [0.25, 0.3) is 11.0 Å². The summed E-state index contributed by atoms with van der Waals surface area (Å²) in [5.41, 5.74) is 2.85. The topological polar surface area (TPSA) is 46.9 Å². The van der Waals surface area contributed by atoms with Gasteiger partial charge in [-0.25, -0.2) is 4.98 Å². The van der Waals surface area contributed by atoms with Crippen molar-refractivity contribution in [3.63, 3.8) is 0 Å². The van der Waals surface area contributed by atoms with E-state index < -0.39 is 0 Å². The molecule has 1 N–H and O–H groups in total. The van der Waals surface area contributed by atoms with Gasteiger partial charge in [-0.3, -0.25) is 4.79 Å². The lowest BCUT2D eigenvalue weighted by molar-refractivity contribution is 0.0990. The van der Waals surface area contributed by atoms with Crippen molar-refractivity contribution in [2.75, 3.05) is 6.54 Å². The van der Waals surface area contributed by atoms with Crippen LogP contribution in [0.3, 0.4) is 0 Å². The molecule has 4 rings (SSSR count). The second kappa shape index (κ2) is 4.17. The number of nitrogens with zero attached hydrogens (tertiary/aromatic N) is 2. The van der Waals surface area contributed by atoms with Crippen molar-refractivity contribution in [1.29, 1.82) is 0 Å². The molecule has 2 aromatic rings. The van der Waals surface area contributed by atoms with Crippen LogP contribution < -0.4 is 5.32 Å². The van der Waals surface area contributed by atoms with Gasteiger partial charge in [-0.2, -0.15) is 0 Å². The molecule has 1 heterocycles. The van der Waals surface area contributed by atoms with Gasteiger partial charge in [0.05, 0.1) is 23.9 Å². The molecular formula is C15H17N3O. The molecule has 2 aliphatic rings. The van der Waals surface area contributed by atoms with E-state index in [-0.39, 0.29) is 5.78 Å². The molecule has 0 saturated heterocycles. The van der Waals surface area contributed by atoms with E-state index in [1.165, 1.54) is 25.7 Å². The summed E-state index contributed by atoms with van der Waals surface area (Å²) in [7, 11) is 0. The second-order valence-corrected chi connectivity index (χ2v) is 5.66. The van der Waals surface area contributed by atoms with Gasteiger partial charge in [-0.05, 0) is 43.9 Å². The summed E-state index contributed by atoms with van der Waals surface area (Å²) >= 11 is 0. The average molecular weight is 255 g/mol. The number of nitrogens with one attached hydrogen (secondary N) is 1. The second-order valence-electron chi connectivity index (χ2n) is 5.66. The van der Waals surface area contributed by atoms with Crippen molar-refractivity contribution in [3.05, 3.63) is 30.1 Å². The van der Waals surface area contributed by atoms with E-state index in [9.17, 15) is 4.79 Å². The molecule has 0 aliphatic heterocycles. The van der Waals surface area contributed by atoms with Crippen molar-refractivity contribution < 1.29 is 4.79 Å². The number of carbonyl (C=O) groups is 1. The number of hydrogen-bond donors (Lipinski definition) is 1. The average Bonchev–Trinajstić information content (AvgIpc) is 3.34. The maximum absolute atomic E-state index is 12.1. The number of benzene rings is 1. The Hall–Kier alpha value is -1.68. The minimum atomic E-state index is 0.162. The molecule has 19 heavy (non-hydrogen) atoms. The predicted octanol–water partition coefficient (Wildman–Crippen LogP) is 2.31. The highest BCUT2D eigenvalue weighted by Crippen LogP contribution is 2.37. The highest BCUT2D eigenvalue weighted by Gasteiger charge is 2.25. The Morgan fingerprint density at radius 1 is 1.32 bits per heavy atom. The monoisotopic (exact) mass is 255 g/mol. The largest absolute Gasteiger partial charge is 0.327 e. The summed E-state index contributed by atoms with van der Waals surface area (Å²) in [6.45, 7) is 0.444. The van der Waals surface area contributed by atoms with Gasteiger partial charge in [0.1, 0.15) is 0 Å². The Bertz CT molecular complexity index is 638. The first-order valence-corrected chi connectivity index (χ1v) is 7.04. The number of fused-ring (bicyclic) bond motifs is 1. The minimum absolute atomic E-state index is 0.162. The van der Waals surface area contributed by atoms with Crippen molar-refractivity contribution >= 4 is 16.8 Å². The fourth-order valence-corrected chi connectivity index (χ4v) is 2.48. The summed E-state index contributed by atoms with van der Waals surface area (Å²) in [5, 5.41) is 3.26. The summed E-state index contributed by atoms with van der Waals surface area (Å²) in [5.74, 6) is 0.162. The smallest absolute Gasteiger partial charge is 0.176 e. The third-order valence-electron chi connectivity index (χ3n) is 3.97. The number of aromatic nitrogens is 2. The van der Waals surface area contributed by atoms with Crippen LogP contribution in [0.15, 0.2) is 24.5 Å². The molecule has 0 bridgehead atoms. The van der Waals surface area contributed by atoms with Crippen LogP contribution in [0, 0.1) is 0 Å². The first kappa shape index (κ1) is 11.2. The minimum Gasteiger partial charge on any atom is -0.327 e. The van der Waals surface area contributed by atoms with E-state index in [4.69, 9.17) is 0 Å². The number of Topliss-reactive ketones (excluding diaryl/α,β-unsaturated/α-hetero) is 1. The zero-order valence-corrected chi connectivity index (χ0v) is 10.8. The van der Waals surface area contributed by atoms with Gasteiger partial charge in [-0.1, -0.05) is 0 Å². The van der Waals surface area contributed by atoms with Crippen molar-refractivity contribution in [1.82, 2.24) is 14.9 Å². The molecule has 98 valence electrons. The van der Waals surface area contributed by atoms with E-state index in [0.717, 1.165) is 16.6 Å². The number of hydrogen-bond acceptors (Lipinski definition) is 3. The van der Waals surface area contributed by atoms with E-state index in [2.05, 4.69) is 14.9 Å². The third kappa shape index (κ3) is 2.16. The van der Waals surface area contributed by atoms with Crippen molar-refractivity contribution in [2.24, 2.45) is 0 Å². The van der Waals surface area contributed by atoms with Crippen LogP contribution in [0.2, 0.25) is 0 Å². The van der Waals surface area contributed by atoms with E-state index in [0.29, 0.717) is 18.6 Å². The zero-order chi connectivity index (χ0) is 12.8. The Labute approximate surface area is 111 Å². The van der Waals surface area contributed by atoms with Crippen LogP contribution in [0.5, 0.6) is 0 Å². The fourth-order valence-electron chi connectivity index (χ4n) is 2.48. The van der Waals surface area contributed by atoms with Gasteiger partial charge in [0.15, 0.2) is 5.78 Å². The first-order valence-electron chi connectivity index (χ1n) is 7.04. The van der Waals surface area contributed by atoms with E-state index >= 15 is 0 Å². The van der Waals surface area contributed by atoms with Gasteiger partial charge in [-0.15, -0.1) is 0 Å². The molecule has 2 aliphatic carbocycles. The van der Waals surface area contributed by atoms with Crippen LogP contribution in [0.4, 0.5) is 0 Å². The predicted molar refractivity (Wildman–Crippen MR) is 73.4 cm³/mol. The molecule has 0 radical (unpaired) electrons. The first-order chi connectivity index (χ1) is 9.31. The molecule has 1 aromatic carbocycles. The Morgan fingerprint density at radius 2 is 2.16 bits per heavy atom. The van der Waals surface area contributed by atoms with Gasteiger partial charge in [0.25, 0.3) is 0 Å². The lowest BCUT2D eigenvalue weighted by Gasteiger charge is -2.04. The summed E-state index contributed by atoms with van der Waals surface area (Å²) in [4.78, 5) is 16.5. The van der Waals surface area contributed by atoms with Crippen molar-refractivity contribution in [3.8, 4) is 0 Å². The maximum atomic E-state index is 12.1. The highest BCUT2D eigenvalue weighted by molar-refractivity contribution is 6.00. The van der Waals surface area contributed by atoms with Gasteiger partial charge < -0.3 is 9.88 Å². The van der Waals surface area contributed by atoms with E-state index in [1.54, 1.807) is 0 Å². The van der Waals surface area contributed by atoms with Gasteiger partial charge in [0.2, 0.25) is 0 Å². The SMILES string of the molecule is O=C(CNC1CC1)c1ccc2c(c1)ncn2C1CC1. The van der Waals surface area contributed by atoms with Gasteiger partial charge >= 0.3 is 0 Å².